The standard InChI is InChI=1S/C14H21NO2/c1-11(5-8-16)15-7-4-12-2-3-14-13(10-12)6-9-17-14/h2-3,10-11,15-16H,4-9H2,1H3. The Labute approximate surface area is 103 Å². The van der Waals surface area contributed by atoms with E-state index >= 15 is 0 Å². The number of aliphatic hydroxyl groups excluding tert-OH is 1. The van der Waals surface area contributed by atoms with E-state index in [1.807, 2.05) is 0 Å². The van der Waals surface area contributed by atoms with Crippen molar-refractivity contribution in [3.8, 4) is 5.75 Å². The number of aliphatic hydroxyl groups is 1. The Morgan fingerprint density at radius 2 is 2.35 bits per heavy atom. The first-order chi connectivity index (χ1) is 8.29. The number of rotatable bonds is 6. The number of ether oxygens (including phenoxy) is 1. The first-order valence-electron chi connectivity index (χ1n) is 6.38. The molecule has 0 aliphatic carbocycles. The van der Waals surface area contributed by atoms with E-state index in [-0.39, 0.29) is 6.61 Å². The molecule has 1 unspecified atom stereocenters. The van der Waals surface area contributed by atoms with Gasteiger partial charge in [-0.05, 0) is 43.5 Å². The molecule has 2 N–H and O–H groups in total. The number of hydrogen-bond donors (Lipinski definition) is 2. The molecular weight excluding hydrogens is 214 g/mol. The second kappa shape index (κ2) is 6.03. The predicted octanol–water partition coefficient (Wildman–Crippen LogP) is 1.52. The van der Waals surface area contributed by atoms with Gasteiger partial charge in [-0.2, -0.15) is 0 Å². The summed E-state index contributed by atoms with van der Waals surface area (Å²) in [4.78, 5) is 0. The highest BCUT2D eigenvalue weighted by Gasteiger charge is 2.11. The second-order valence-corrected chi connectivity index (χ2v) is 4.66. The van der Waals surface area contributed by atoms with Crippen molar-refractivity contribution in [3.05, 3.63) is 29.3 Å². The Morgan fingerprint density at radius 1 is 1.47 bits per heavy atom. The third kappa shape index (κ3) is 3.45. The van der Waals surface area contributed by atoms with Gasteiger partial charge in [-0.15, -0.1) is 0 Å². The van der Waals surface area contributed by atoms with Crippen molar-refractivity contribution >= 4 is 0 Å². The molecule has 0 saturated heterocycles. The Bertz CT molecular complexity index is 365. The van der Waals surface area contributed by atoms with Gasteiger partial charge in [-0.25, -0.2) is 0 Å². The number of benzene rings is 1. The van der Waals surface area contributed by atoms with Crippen LogP contribution >= 0.6 is 0 Å². The topological polar surface area (TPSA) is 41.5 Å². The van der Waals surface area contributed by atoms with E-state index in [0.29, 0.717) is 6.04 Å². The van der Waals surface area contributed by atoms with Crippen molar-refractivity contribution in [3.63, 3.8) is 0 Å². The average Bonchev–Trinajstić information content (AvgIpc) is 2.76. The van der Waals surface area contributed by atoms with Gasteiger partial charge in [0.15, 0.2) is 0 Å². The molecular formula is C14H21NO2. The van der Waals surface area contributed by atoms with Crippen LogP contribution < -0.4 is 10.1 Å². The smallest absolute Gasteiger partial charge is 0.122 e. The molecule has 0 aromatic heterocycles. The third-order valence-corrected chi connectivity index (χ3v) is 3.22. The van der Waals surface area contributed by atoms with Gasteiger partial charge < -0.3 is 15.2 Å². The molecule has 0 radical (unpaired) electrons. The minimum absolute atomic E-state index is 0.254. The fourth-order valence-electron chi connectivity index (χ4n) is 2.15. The SMILES string of the molecule is CC(CCO)NCCc1ccc2c(c1)CCO2. The fraction of sp³-hybridized carbons (Fsp3) is 0.571. The van der Waals surface area contributed by atoms with Crippen LogP contribution in [-0.2, 0) is 12.8 Å². The van der Waals surface area contributed by atoms with Crippen molar-refractivity contribution in [2.75, 3.05) is 19.8 Å². The van der Waals surface area contributed by atoms with Crippen LogP contribution in [0.1, 0.15) is 24.5 Å². The molecule has 0 spiro atoms. The van der Waals surface area contributed by atoms with Crippen LogP contribution in [0.2, 0.25) is 0 Å². The summed E-state index contributed by atoms with van der Waals surface area (Å²) in [7, 11) is 0. The average molecular weight is 235 g/mol. The van der Waals surface area contributed by atoms with Crippen LogP contribution in [0.4, 0.5) is 0 Å². The molecule has 3 heteroatoms. The normalized spacial score (nSPS) is 15.4. The maximum atomic E-state index is 8.80. The molecule has 1 heterocycles. The van der Waals surface area contributed by atoms with E-state index in [1.165, 1.54) is 11.1 Å². The van der Waals surface area contributed by atoms with Crippen LogP contribution in [0.25, 0.3) is 0 Å². The summed E-state index contributed by atoms with van der Waals surface area (Å²) >= 11 is 0. The maximum Gasteiger partial charge on any atom is 0.122 e. The van der Waals surface area contributed by atoms with E-state index in [2.05, 4.69) is 30.4 Å². The largest absolute Gasteiger partial charge is 0.493 e. The van der Waals surface area contributed by atoms with Gasteiger partial charge in [-0.3, -0.25) is 0 Å². The van der Waals surface area contributed by atoms with Crippen molar-refractivity contribution < 1.29 is 9.84 Å². The summed E-state index contributed by atoms with van der Waals surface area (Å²) in [5.41, 5.74) is 2.70. The number of fused-ring (bicyclic) bond motifs is 1. The maximum absolute atomic E-state index is 8.80. The summed E-state index contributed by atoms with van der Waals surface area (Å²) in [6.07, 6.45) is 2.89. The lowest BCUT2D eigenvalue weighted by Crippen LogP contribution is -2.28. The van der Waals surface area contributed by atoms with Crippen LogP contribution in [0.5, 0.6) is 5.75 Å². The highest BCUT2D eigenvalue weighted by Crippen LogP contribution is 2.25. The molecule has 0 fully saturated rings. The minimum atomic E-state index is 0.254. The van der Waals surface area contributed by atoms with Gasteiger partial charge in [0.2, 0.25) is 0 Å². The molecule has 1 aromatic carbocycles. The van der Waals surface area contributed by atoms with Crippen LogP contribution in [0, 0.1) is 0 Å². The quantitative estimate of drug-likeness (QED) is 0.785. The van der Waals surface area contributed by atoms with Crippen molar-refractivity contribution in [1.29, 1.82) is 0 Å². The first kappa shape index (κ1) is 12.4. The van der Waals surface area contributed by atoms with Gasteiger partial charge in [0, 0.05) is 19.1 Å². The predicted molar refractivity (Wildman–Crippen MR) is 68.5 cm³/mol. The van der Waals surface area contributed by atoms with Gasteiger partial charge in [0.05, 0.1) is 6.61 Å². The van der Waals surface area contributed by atoms with Crippen LogP contribution in [0.15, 0.2) is 18.2 Å². The third-order valence-electron chi connectivity index (χ3n) is 3.22. The second-order valence-electron chi connectivity index (χ2n) is 4.66. The molecule has 0 saturated carbocycles. The zero-order valence-electron chi connectivity index (χ0n) is 10.4. The molecule has 1 aliphatic heterocycles. The van der Waals surface area contributed by atoms with Gasteiger partial charge in [0.1, 0.15) is 5.75 Å². The lowest BCUT2D eigenvalue weighted by molar-refractivity contribution is 0.269. The summed E-state index contributed by atoms with van der Waals surface area (Å²) < 4.78 is 5.48. The lowest BCUT2D eigenvalue weighted by Gasteiger charge is -2.12. The number of nitrogens with one attached hydrogen (secondary N) is 1. The van der Waals surface area contributed by atoms with E-state index in [1.54, 1.807) is 0 Å². The molecule has 0 amide bonds. The molecule has 3 nitrogen and oxygen atoms in total. The molecule has 2 rings (SSSR count). The van der Waals surface area contributed by atoms with E-state index in [9.17, 15) is 0 Å². The zero-order valence-corrected chi connectivity index (χ0v) is 10.4. The van der Waals surface area contributed by atoms with E-state index in [4.69, 9.17) is 9.84 Å². The Hall–Kier alpha value is -1.06. The van der Waals surface area contributed by atoms with Crippen molar-refractivity contribution in [2.45, 2.75) is 32.2 Å². The van der Waals surface area contributed by atoms with Gasteiger partial charge in [0.25, 0.3) is 0 Å². The fourth-order valence-corrected chi connectivity index (χ4v) is 2.15. The molecule has 1 aromatic rings. The molecule has 94 valence electrons. The molecule has 1 atom stereocenters. The summed E-state index contributed by atoms with van der Waals surface area (Å²) in [6, 6.07) is 6.86. The lowest BCUT2D eigenvalue weighted by atomic mass is 10.1. The van der Waals surface area contributed by atoms with Gasteiger partial charge >= 0.3 is 0 Å². The Balaban J connectivity index is 1.79. The van der Waals surface area contributed by atoms with Crippen molar-refractivity contribution in [2.24, 2.45) is 0 Å². The highest BCUT2D eigenvalue weighted by molar-refractivity contribution is 5.39. The monoisotopic (exact) mass is 235 g/mol. The zero-order chi connectivity index (χ0) is 12.1. The van der Waals surface area contributed by atoms with E-state index in [0.717, 1.165) is 38.2 Å². The van der Waals surface area contributed by atoms with E-state index < -0.39 is 0 Å². The van der Waals surface area contributed by atoms with Crippen LogP contribution in [0.3, 0.4) is 0 Å². The van der Waals surface area contributed by atoms with Crippen LogP contribution in [-0.4, -0.2) is 30.9 Å². The molecule has 17 heavy (non-hydrogen) atoms. The molecule has 1 aliphatic rings. The van der Waals surface area contributed by atoms with Crippen molar-refractivity contribution in [1.82, 2.24) is 5.32 Å². The number of hydrogen-bond acceptors (Lipinski definition) is 3. The Kier molecular flexibility index (Phi) is 4.40. The van der Waals surface area contributed by atoms with Gasteiger partial charge in [-0.1, -0.05) is 12.1 Å². The summed E-state index contributed by atoms with van der Waals surface area (Å²) in [5.74, 6) is 1.05. The highest BCUT2D eigenvalue weighted by atomic mass is 16.5. The Morgan fingerprint density at radius 3 is 3.18 bits per heavy atom. The summed E-state index contributed by atoms with van der Waals surface area (Å²) in [5, 5.41) is 12.2. The summed E-state index contributed by atoms with van der Waals surface area (Å²) in [6.45, 7) is 4.14. The minimum Gasteiger partial charge on any atom is -0.493 e. The molecule has 0 bridgehead atoms. The first-order valence-corrected chi connectivity index (χ1v) is 6.38.